The molecule has 6 nitrogen and oxygen atoms in total. The fourth-order valence-electron chi connectivity index (χ4n) is 3.70. The van der Waals surface area contributed by atoms with Crippen molar-refractivity contribution >= 4 is 11.7 Å². The zero-order valence-corrected chi connectivity index (χ0v) is 16.1. The van der Waals surface area contributed by atoms with E-state index in [1.54, 1.807) is 19.4 Å². The molecule has 1 aliphatic rings. The normalized spacial score (nSPS) is 16.6. The maximum atomic E-state index is 13.2. The Morgan fingerprint density at radius 1 is 1.14 bits per heavy atom. The molecule has 1 saturated heterocycles. The summed E-state index contributed by atoms with van der Waals surface area (Å²) in [5.41, 5.74) is 1.74. The monoisotopic (exact) mass is 392 g/mol. The highest BCUT2D eigenvalue weighted by molar-refractivity contribution is 5.98. The first kappa shape index (κ1) is 19.0. The molecule has 4 rings (SSSR count). The Bertz CT molecular complexity index is 1080. The number of nitrogens with zero attached hydrogens (tertiary/aromatic N) is 4. The summed E-state index contributed by atoms with van der Waals surface area (Å²) in [4.78, 5) is 36.1. The maximum Gasteiger partial charge on any atom is 0.255 e. The zero-order chi connectivity index (χ0) is 20.4. The van der Waals surface area contributed by atoms with Gasteiger partial charge in [0.05, 0.1) is 5.69 Å². The molecule has 3 aromatic rings. The molecule has 1 unspecified atom stereocenters. The Morgan fingerprint density at radius 2 is 1.86 bits per heavy atom. The van der Waals surface area contributed by atoms with Gasteiger partial charge in [-0.25, -0.2) is 9.37 Å². The van der Waals surface area contributed by atoms with Crippen molar-refractivity contribution in [2.45, 2.75) is 12.8 Å². The average molecular weight is 392 g/mol. The van der Waals surface area contributed by atoms with Crippen LogP contribution >= 0.6 is 0 Å². The number of pyridine rings is 1. The predicted molar refractivity (Wildman–Crippen MR) is 108 cm³/mol. The molecule has 3 heterocycles. The largest absolute Gasteiger partial charge is 0.341 e. The topological polar surface area (TPSA) is 68.1 Å². The number of hydrogen-bond acceptors (Lipinski definition) is 5. The number of hydrogen-bond donors (Lipinski definition) is 0. The van der Waals surface area contributed by atoms with Crippen LogP contribution in [-0.4, -0.2) is 33.4 Å². The third-order valence-corrected chi connectivity index (χ3v) is 5.29. The van der Waals surface area contributed by atoms with Gasteiger partial charge in [0.2, 0.25) is 5.95 Å². The van der Waals surface area contributed by atoms with E-state index in [1.807, 2.05) is 17.0 Å². The van der Waals surface area contributed by atoms with Gasteiger partial charge in [-0.05, 0) is 49.2 Å². The third kappa shape index (κ3) is 3.94. The minimum absolute atomic E-state index is 0.00927. The van der Waals surface area contributed by atoms with Gasteiger partial charge in [-0.2, -0.15) is 0 Å². The van der Waals surface area contributed by atoms with E-state index in [-0.39, 0.29) is 23.1 Å². The van der Waals surface area contributed by atoms with Crippen molar-refractivity contribution in [3.63, 3.8) is 0 Å². The number of halogens is 1. The quantitative estimate of drug-likeness (QED) is 0.639. The van der Waals surface area contributed by atoms with Gasteiger partial charge in [0.1, 0.15) is 5.82 Å². The maximum absolute atomic E-state index is 13.2. The van der Waals surface area contributed by atoms with Crippen LogP contribution in [-0.2, 0) is 7.05 Å². The van der Waals surface area contributed by atoms with Crippen molar-refractivity contribution in [2.24, 2.45) is 13.0 Å². The molecule has 2 aromatic heterocycles. The molecule has 0 amide bonds. The highest BCUT2D eigenvalue weighted by Crippen LogP contribution is 2.25. The molecule has 0 N–H and O–H groups in total. The first-order valence-corrected chi connectivity index (χ1v) is 9.56. The summed E-state index contributed by atoms with van der Waals surface area (Å²) in [7, 11) is 1.69. The molecule has 1 aromatic carbocycles. The number of Topliss-reactive ketones (excluding diaryl/α,β-unsaturated/α-hetero) is 1. The Morgan fingerprint density at radius 3 is 2.59 bits per heavy atom. The molecule has 0 bridgehead atoms. The van der Waals surface area contributed by atoms with E-state index in [9.17, 15) is 14.0 Å². The van der Waals surface area contributed by atoms with Crippen molar-refractivity contribution in [1.29, 1.82) is 0 Å². The molecular formula is C22H21FN4O2. The van der Waals surface area contributed by atoms with Crippen molar-refractivity contribution in [3.05, 3.63) is 76.6 Å². The van der Waals surface area contributed by atoms with E-state index in [0.29, 0.717) is 30.3 Å². The van der Waals surface area contributed by atoms with Crippen molar-refractivity contribution in [1.82, 2.24) is 14.5 Å². The smallest absolute Gasteiger partial charge is 0.255 e. The molecule has 148 valence electrons. The van der Waals surface area contributed by atoms with E-state index in [0.717, 1.165) is 18.4 Å². The minimum Gasteiger partial charge on any atom is -0.341 e. The summed E-state index contributed by atoms with van der Waals surface area (Å²) in [6.07, 6.45) is 4.89. The molecular weight excluding hydrogens is 371 g/mol. The summed E-state index contributed by atoms with van der Waals surface area (Å²) >= 11 is 0. The number of carbonyl (C=O) groups excluding carboxylic acids is 1. The zero-order valence-electron chi connectivity index (χ0n) is 16.1. The van der Waals surface area contributed by atoms with Crippen LogP contribution in [0.1, 0.15) is 23.2 Å². The molecule has 1 fully saturated rings. The molecule has 7 heteroatoms. The predicted octanol–water partition coefficient (Wildman–Crippen LogP) is 3.08. The lowest BCUT2D eigenvalue weighted by molar-refractivity contribution is 0.0906. The second kappa shape index (κ2) is 7.95. The van der Waals surface area contributed by atoms with Crippen LogP contribution in [0, 0.1) is 11.7 Å². The van der Waals surface area contributed by atoms with E-state index >= 15 is 0 Å². The van der Waals surface area contributed by atoms with Gasteiger partial charge in [0.15, 0.2) is 5.78 Å². The fourth-order valence-corrected chi connectivity index (χ4v) is 3.70. The highest BCUT2D eigenvalue weighted by atomic mass is 19.1. The van der Waals surface area contributed by atoms with Crippen LogP contribution in [0.25, 0.3) is 11.3 Å². The Labute approximate surface area is 167 Å². The van der Waals surface area contributed by atoms with Gasteiger partial charge in [-0.3, -0.25) is 19.1 Å². The van der Waals surface area contributed by atoms with Gasteiger partial charge in [-0.1, -0.05) is 0 Å². The molecule has 29 heavy (non-hydrogen) atoms. The lowest BCUT2D eigenvalue weighted by Crippen LogP contribution is -2.41. The number of piperidine rings is 1. The SMILES string of the molecule is Cn1c(N2CCCC(C(=O)c3ccc(F)cc3)C2)nc(-c2ccncc2)cc1=O. The molecule has 0 aliphatic carbocycles. The van der Waals surface area contributed by atoms with Crippen LogP contribution in [0.5, 0.6) is 0 Å². The summed E-state index contributed by atoms with van der Waals surface area (Å²) in [5, 5.41) is 0. The van der Waals surface area contributed by atoms with Gasteiger partial charge < -0.3 is 4.90 Å². The average Bonchev–Trinajstić information content (AvgIpc) is 2.76. The molecule has 1 atom stereocenters. The minimum atomic E-state index is -0.362. The van der Waals surface area contributed by atoms with E-state index in [2.05, 4.69) is 4.98 Å². The number of aromatic nitrogens is 3. The fraction of sp³-hybridized carbons (Fsp3) is 0.273. The van der Waals surface area contributed by atoms with Crippen LogP contribution in [0.3, 0.4) is 0 Å². The highest BCUT2D eigenvalue weighted by Gasteiger charge is 2.28. The van der Waals surface area contributed by atoms with E-state index in [1.165, 1.54) is 34.9 Å². The van der Waals surface area contributed by atoms with E-state index in [4.69, 9.17) is 4.98 Å². The Balaban J connectivity index is 1.63. The van der Waals surface area contributed by atoms with Crippen LogP contribution in [0.2, 0.25) is 0 Å². The van der Waals surface area contributed by atoms with Gasteiger partial charge in [0.25, 0.3) is 5.56 Å². The van der Waals surface area contributed by atoms with Crippen LogP contribution < -0.4 is 10.5 Å². The number of ketones is 1. The number of carbonyl (C=O) groups is 1. The lowest BCUT2D eigenvalue weighted by Gasteiger charge is -2.33. The Hall–Kier alpha value is -3.35. The van der Waals surface area contributed by atoms with Gasteiger partial charge >= 0.3 is 0 Å². The molecule has 0 radical (unpaired) electrons. The van der Waals surface area contributed by atoms with Crippen molar-refractivity contribution in [3.8, 4) is 11.3 Å². The molecule has 0 spiro atoms. The van der Waals surface area contributed by atoms with Crippen LogP contribution in [0.4, 0.5) is 10.3 Å². The summed E-state index contributed by atoms with van der Waals surface area (Å²) < 4.78 is 14.7. The standard InChI is InChI=1S/C22H21FN4O2/c1-26-20(28)13-19(15-8-10-24-11-9-15)25-22(26)27-12-2-3-17(14-27)21(29)16-4-6-18(23)7-5-16/h4-11,13,17H,2-3,12,14H2,1H3. The second-order valence-corrected chi connectivity index (χ2v) is 7.23. The Kier molecular flexibility index (Phi) is 5.20. The number of benzene rings is 1. The second-order valence-electron chi connectivity index (χ2n) is 7.23. The first-order chi connectivity index (χ1) is 14.0. The molecule has 0 saturated carbocycles. The van der Waals surface area contributed by atoms with E-state index < -0.39 is 0 Å². The summed E-state index contributed by atoms with van der Waals surface area (Å²) in [6.45, 7) is 1.18. The summed E-state index contributed by atoms with van der Waals surface area (Å²) in [6, 6.07) is 10.8. The number of rotatable bonds is 4. The van der Waals surface area contributed by atoms with Gasteiger partial charge in [-0.15, -0.1) is 0 Å². The van der Waals surface area contributed by atoms with Crippen LogP contribution in [0.15, 0.2) is 59.7 Å². The molecule has 1 aliphatic heterocycles. The van der Waals surface area contributed by atoms with Crippen molar-refractivity contribution < 1.29 is 9.18 Å². The lowest BCUT2D eigenvalue weighted by atomic mass is 9.90. The first-order valence-electron chi connectivity index (χ1n) is 9.56. The van der Waals surface area contributed by atoms with Gasteiger partial charge in [0, 0.05) is 55.6 Å². The summed E-state index contributed by atoms with van der Waals surface area (Å²) in [5.74, 6) is -0.0550. The third-order valence-electron chi connectivity index (χ3n) is 5.29. The number of anilines is 1. The van der Waals surface area contributed by atoms with Crippen molar-refractivity contribution in [2.75, 3.05) is 18.0 Å².